The molecule has 1 aromatic carbocycles. The van der Waals surface area contributed by atoms with Crippen LogP contribution < -0.4 is 10.5 Å². The summed E-state index contributed by atoms with van der Waals surface area (Å²) in [5.74, 6) is 0. The van der Waals surface area contributed by atoms with Crippen molar-refractivity contribution in [2.75, 3.05) is 5.32 Å². The molecular formula is C16H20N6O3S2. The zero-order valence-electron chi connectivity index (χ0n) is 15.0. The predicted octanol–water partition coefficient (Wildman–Crippen LogP) is 2.74. The molecule has 9 nitrogen and oxygen atoms in total. The van der Waals surface area contributed by atoms with Gasteiger partial charge in [0, 0.05) is 5.39 Å². The number of aromatic amines is 1. The summed E-state index contributed by atoms with van der Waals surface area (Å²) in [4.78, 5) is 16.4. The van der Waals surface area contributed by atoms with Gasteiger partial charge in [-0.05, 0) is 25.8 Å². The highest BCUT2D eigenvalue weighted by Gasteiger charge is 2.23. The van der Waals surface area contributed by atoms with Crippen molar-refractivity contribution < 1.29 is 14.1 Å². The van der Waals surface area contributed by atoms with E-state index >= 15 is 0 Å². The van der Waals surface area contributed by atoms with Gasteiger partial charge in [-0.25, -0.2) is 19.1 Å². The van der Waals surface area contributed by atoms with Crippen molar-refractivity contribution in [3.8, 4) is 0 Å². The zero-order chi connectivity index (χ0) is 19.8. The van der Waals surface area contributed by atoms with Crippen molar-refractivity contribution in [1.29, 1.82) is 0 Å². The number of urea groups is 1. The monoisotopic (exact) mass is 408 g/mol. The number of nitrogens with one attached hydrogen (secondary N) is 2. The van der Waals surface area contributed by atoms with Gasteiger partial charge in [0.2, 0.25) is 0 Å². The number of thiazole rings is 1. The standard InChI is InChI=1S/C16H20N6O3S2/c1-4-9-5-6-10-7-19-21-13(10)12(9)20-15(23)22-27(17,25)11-8-18-14(26-11)16(2,3)24/h5-8,24H,4H2,1-3H3,(H,19,21)(H3,17,20,22,23,25)/t27-/m0/s1. The van der Waals surface area contributed by atoms with Crippen LogP contribution >= 0.6 is 11.3 Å². The molecule has 1 atom stereocenters. The second-order valence-corrected chi connectivity index (χ2v) is 9.47. The first kappa shape index (κ1) is 19.4. The number of aliphatic hydroxyl groups is 1. The third-order valence-corrected chi connectivity index (χ3v) is 7.02. The number of fused-ring (bicyclic) bond motifs is 1. The minimum absolute atomic E-state index is 0.116. The number of benzene rings is 1. The summed E-state index contributed by atoms with van der Waals surface area (Å²) in [5.41, 5.74) is 0.856. The van der Waals surface area contributed by atoms with Crippen LogP contribution in [-0.4, -0.2) is 30.5 Å². The van der Waals surface area contributed by atoms with E-state index in [-0.39, 0.29) is 4.21 Å². The van der Waals surface area contributed by atoms with E-state index in [9.17, 15) is 14.1 Å². The van der Waals surface area contributed by atoms with Gasteiger partial charge in [-0.1, -0.05) is 19.1 Å². The van der Waals surface area contributed by atoms with Gasteiger partial charge in [0.25, 0.3) is 0 Å². The van der Waals surface area contributed by atoms with Gasteiger partial charge < -0.3 is 10.4 Å². The fourth-order valence-electron chi connectivity index (χ4n) is 2.47. The molecule has 3 aromatic rings. The lowest BCUT2D eigenvalue weighted by Crippen LogP contribution is -2.17. The zero-order valence-corrected chi connectivity index (χ0v) is 16.6. The molecule has 11 heteroatoms. The Morgan fingerprint density at radius 1 is 1.44 bits per heavy atom. The summed E-state index contributed by atoms with van der Waals surface area (Å²) in [7, 11) is -3.50. The Kier molecular flexibility index (Phi) is 5.04. The van der Waals surface area contributed by atoms with E-state index in [2.05, 4.69) is 24.9 Å². The maximum atomic E-state index is 12.7. The van der Waals surface area contributed by atoms with Crippen LogP contribution in [0.3, 0.4) is 0 Å². The summed E-state index contributed by atoms with van der Waals surface area (Å²) in [6.45, 7) is 5.05. The van der Waals surface area contributed by atoms with Crippen molar-refractivity contribution in [2.45, 2.75) is 37.0 Å². The number of aryl methyl sites for hydroxylation is 1. The normalized spacial score (nSPS) is 14.1. The van der Waals surface area contributed by atoms with Crippen LogP contribution in [0.25, 0.3) is 10.9 Å². The van der Waals surface area contributed by atoms with Crippen LogP contribution in [0, 0.1) is 0 Å². The van der Waals surface area contributed by atoms with E-state index in [4.69, 9.17) is 5.14 Å². The number of amides is 2. The summed E-state index contributed by atoms with van der Waals surface area (Å²) in [5, 5.41) is 26.4. The summed E-state index contributed by atoms with van der Waals surface area (Å²) >= 11 is 0.955. The number of hydrogen-bond donors (Lipinski definition) is 4. The summed E-state index contributed by atoms with van der Waals surface area (Å²) in [6.07, 6.45) is 3.58. The molecule has 0 fully saturated rings. The summed E-state index contributed by atoms with van der Waals surface area (Å²) in [6, 6.07) is 2.94. The molecule has 0 saturated carbocycles. The number of aromatic nitrogens is 3. The van der Waals surface area contributed by atoms with Gasteiger partial charge in [0.15, 0.2) is 9.92 Å². The van der Waals surface area contributed by atoms with Crippen molar-refractivity contribution in [3.05, 3.63) is 35.1 Å². The highest BCUT2D eigenvalue weighted by molar-refractivity contribution is 7.93. The Hall–Kier alpha value is -2.34. The molecule has 0 saturated heterocycles. The smallest absolute Gasteiger partial charge is 0.354 e. The number of anilines is 1. The van der Waals surface area contributed by atoms with E-state index < -0.39 is 21.5 Å². The number of nitrogens with zero attached hydrogens (tertiary/aromatic N) is 3. The first-order valence-electron chi connectivity index (χ1n) is 8.11. The highest BCUT2D eigenvalue weighted by atomic mass is 32.2. The molecular weight excluding hydrogens is 388 g/mol. The molecule has 0 aliphatic carbocycles. The number of nitrogens with two attached hydrogens (primary N) is 1. The molecule has 2 aromatic heterocycles. The van der Waals surface area contributed by atoms with Crippen LogP contribution in [0.1, 0.15) is 31.3 Å². The van der Waals surface area contributed by atoms with Crippen molar-refractivity contribution >= 4 is 43.9 Å². The predicted molar refractivity (Wildman–Crippen MR) is 105 cm³/mol. The van der Waals surface area contributed by atoms with Gasteiger partial charge in [0.05, 0.1) is 23.6 Å². The highest BCUT2D eigenvalue weighted by Crippen LogP contribution is 2.29. The van der Waals surface area contributed by atoms with E-state index in [1.165, 1.54) is 6.20 Å². The quantitative estimate of drug-likeness (QED) is 0.524. The SMILES string of the molecule is CCc1ccc2cn[nH]c2c1NC(=O)N=[S@](N)(=O)c1cnc(C(C)(C)O)s1. The fourth-order valence-corrected chi connectivity index (χ4v) is 4.53. The molecule has 3 rings (SSSR count). The second-order valence-electron chi connectivity index (χ2n) is 6.42. The molecule has 5 N–H and O–H groups in total. The lowest BCUT2D eigenvalue weighted by molar-refractivity contribution is 0.0783. The van der Waals surface area contributed by atoms with Gasteiger partial charge >= 0.3 is 6.03 Å². The molecule has 0 aliphatic rings. The second kappa shape index (κ2) is 7.00. The average molecular weight is 409 g/mol. The maximum absolute atomic E-state index is 12.7. The molecule has 27 heavy (non-hydrogen) atoms. The minimum atomic E-state index is -3.50. The van der Waals surface area contributed by atoms with E-state index in [0.29, 0.717) is 22.6 Å². The van der Waals surface area contributed by atoms with Crippen LogP contribution in [0.15, 0.2) is 33.1 Å². The van der Waals surface area contributed by atoms with Gasteiger partial charge in [-0.3, -0.25) is 5.10 Å². The van der Waals surface area contributed by atoms with Crippen molar-refractivity contribution in [3.63, 3.8) is 0 Å². The van der Waals surface area contributed by atoms with Crippen molar-refractivity contribution in [1.82, 2.24) is 15.2 Å². The number of carbonyl (C=O) groups is 1. The minimum Gasteiger partial charge on any atom is -0.383 e. The molecule has 0 spiro atoms. The molecule has 0 unspecified atom stereocenters. The van der Waals surface area contributed by atoms with Gasteiger partial charge in [-0.15, -0.1) is 15.7 Å². The molecule has 0 aliphatic heterocycles. The Morgan fingerprint density at radius 3 is 2.81 bits per heavy atom. The van der Waals surface area contributed by atoms with Crippen LogP contribution in [0.5, 0.6) is 0 Å². The third-order valence-electron chi connectivity index (χ3n) is 3.83. The third kappa shape index (κ3) is 4.00. The van der Waals surface area contributed by atoms with Gasteiger partial charge in [-0.2, -0.15) is 5.10 Å². The number of hydrogen-bond acceptors (Lipinski definition) is 6. The van der Waals surface area contributed by atoms with Gasteiger partial charge in [0.1, 0.15) is 14.8 Å². The van der Waals surface area contributed by atoms with E-state index in [1.54, 1.807) is 20.0 Å². The summed E-state index contributed by atoms with van der Waals surface area (Å²) < 4.78 is 16.5. The Labute approximate surface area is 160 Å². The fraction of sp³-hybridized carbons (Fsp3) is 0.312. The molecule has 144 valence electrons. The number of H-pyrrole nitrogens is 1. The lowest BCUT2D eigenvalue weighted by Gasteiger charge is -2.12. The number of carbonyl (C=O) groups excluding carboxylic acids is 1. The number of rotatable bonds is 4. The van der Waals surface area contributed by atoms with Crippen molar-refractivity contribution in [2.24, 2.45) is 9.50 Å². The lowest BCUT2D eigenvalue weighted by atomic mass is 10.1. The molecule has 0 radical (unpaired) electrons. The first-order valence-corrected chi connectivity index (χ1v) is 10.5. The van der Waals surface area contributed by atoms with Crippen LogP contribution in [0.2, 0.25) is 0 Å². The average Bonchev–Trinajstić information content (AvgIpc) is 3.24. The Balaban J connectivity index is 1.94. The van der Waals surface area contributed by atoms with Crippen LogP contribution in [0.4, 0.5) is 10.5 Å². The largest absolute Gasteiger partial charge is 0.383 e. The van der Waals surface area contributed by atoms with E-state index in [0.717, 1.165) is 22.3 Å². The van der Waals surface area contributed by atoms with Crippen LogP contribution in [-0.2, 0) is 21.9 Å². The first-order chi connectivity index (χ1) is 12.6. The Bertz CT molecular complexity index is 1120. The van der Waals surface area contributed by atoms with E-state index in [1.807, 2.05) is 19.1 Å². The molecule has 2 heterocycles. The Morgan fingerprint density at radius 2 is 2.19 bits per heavy atom. The maximum Gasteiger partial charge on any atom is 0.354 e. The molecule has 2 amide bonds. The topological polar surface area (TPSA) is 146 Å². The molecule has 0 bridgehead atoms.